The molecule has 1 aromatic rings. The van der Waals surface area contributed by atoms with Gasteiger partial charge in [0.25, 0.3) is 0 Å². The first-order chi connectivity index (χ1) is 16.4. The summed E-state index contributed by atoms with van der Waals surface area (Å²) in [5, 5.41) is 6.19. The number of aryl methyl sites for hydroxylation is 1. The van der Waals surface area contributed by atoms with E-state index in [9.17, 15) is 9.59 Å². The van der Waals surface area contributed by atoms with E-state index in [1.165, 1.54) is 11.1 Å². The maximum Gasteiger partial charge on any atom is 0.242 e. The van der Waals surface area contributed by atoms with Crippen LogP contribution in [0, 0.1) is 11.3 Å². The first-order valence-electron chi connectivity index (χ1n) is 13.4. The van der Waals surface area contributed by atoms with Crippen LogP contribution in [0.3, 0.4) is 0 Å². The normalized spacial score (nSPS) is 23.4. The third-order valence-electron chi connectivity index (χ3n) is 7.42. The molecule has 2 heterocycles. The van der Waals surface area contributed by atoms with Gasteiger partial charge in [-0.3, -0.25) is 14.5 Å². The van der Waals surface area contributed by atoms with Gasteiger partial charge in [-0.2, -0.15) is 0 Å². The van der Waals surface area contributed by atoms with Crippen LogP contribution in [0.25, 0.3) is 0 Å². The van der Waals surface area contributed by atoms with Crippen molar-refractivity contribution in [1.82, 2.24) is 15.5 Å². The zero-order chi connectivity index (χ0) is 24.4. The number of rotatable bonds is 5. The van der Waals surface area contributed by atoms with Gasteiger partial charge in [0.2, 0.25) is 11.8 Å². The summed E-state index contributed by atoms with van der Waals surface area (Å²) < 4.78 is 5.75. The predicted octanol–water partition coefficient (Wildman–Crippen LogP) is 4.07. The molecule has 1 aromatic carbocycles. The van der Waals surface area contributed by atoms with Gasteiger partial charge in [0.1, 0.15) is 6.04 Å². The Kier molecular flexibility index (Phi) is 10.4. The zero-order valence-electron chi connectivity index (χ0n) is 21.5. The molecule has 190 valence electrons. The number of hydrogen-bond acceptors (Lipinski definition) is 4. The lowest BCUT2D eigenvalue weighted by Gasteiger charge is -2.41. The van der Waals surface area contributed by atoms with Crippen molar-refractivity contribution in [2.24, 2.45) is 11.3 Å². The molecule has 34 heavy (non-hydrogen) atoms. The maximum absolute atomic E-state index is 13.7. The Morgan fingerprint density at radius 1 is 1.00 bits per heavy atom. The Morgan fingerprint density at radius 2 is 1.68 bits per heavy atom. The molecule has 2 aliphatic rings. The summed E-state index contributed by atoms with van der Waals surface area (Å²) in [6.07, 6.45) is 7.00. The third kappa shape index (κ3) is 7.81. The number of likely N-dealkylation sites (tertiary alicyclic amines) is 1. The average molecular weight is 472 g/mol. The summed E-state index contributed by atoms with van der Waals surface area (Å²) in [5.74, 6) is 0.329. The number of hydrogen-bond donors (Lipinski definition) is 2. The van der Waals surface area contributed by atoms with Gasteiger partial charge in [-0.25, -0.2) is 0 Å². The molecule has 2 fully saturated rings. The van der Waals surface area contributed by atoms with Crippen molar-refractivity contribution in [3.05, 3.63) is 35.4 Å². The molecule has 2 N–H and O–H groups in total. The second-order valence-corrected chi connectivity index (χ2v) is 10.6. The third-order valence-corrected chi connectivity index (χ3v) is 7.42. The second-order valence-electron chi connectivity index (χ2n) is 10.6. The lowest BCUT2D eigenvalue weighted by atomic mass is 9.73. The van der Waals surface area contributed by atoms with E-state index in [0.717, 1.165) is 71.2 Å². The molecule has 0 bridgehead atoms. The van der Waals surface area contributed by atoms with Crippen LogP contribution in [0.2, 0.25) is 0 Å². The van der Waals surface area contributed by atoms with Crippen molar-refractivity contribution in [3.8, 4) is 0 Å². The van der Waals surface area contributed by atoms with Crippen LogP contribution in [0.4, 0.5) is 0 Å². The molecule has 6 heteroatoms. The van der Waals surface area contributed by atoms with Gasteiger partial charge in [-0.1, -0.05) is 51.5 Å². The summed E-state index contributed by atoms with van der Waals surface area (Å²) in [6.45, 7) is 11.1. The minimum Gasteiger partial charge on any atom is -0.381 e. The lowest BCUT2D eigenvalue weighted by molar-refractivity contribution is -0.138. The van der Waals surface area contributed by atoms with Crippen LogP contribution in [-0.4, -0.2) is 55.6 Å². The van der Waals surface area contributed by atoms with Crippen LogP contribution >= 0.6 is 0 Å². The average Bonchev–Trinajstić information content (AvgIpc) is 2.83. The van der Waals surface area contributed by atoms with Gasteiger partial charge in [0.05, 0.1) is 5.41 Å². The Labute approximate surface area is 206 Å². The van der Waals surface area contributed by atoms with Crippen molar-refractivity contribution >= 4 is 11.8 Å². The van der Waals surface area contributed by atoms with Gasteiger partial charge in [0, 0.05) is 26.3 Å². The molecule has 3 rings (SSSR count). The summed E-state index contributed by atoms with van der Waals surface area (Å²) in [6, 6.07) is 8.42. The van der Waals surface area contributed by atoms with E-state index in [0.29, 0.717) is 25.5 Å². The SMILES string of the molecule is CCc1ccc(CN2CCC3(CCCCOCCCNC(=O)[C@H](CC(C)C)NC3=O)CC2)cc1. The van der Waals surface area contributed by atoms with Crippen molar-refractivity contribution in [2.75, 3.05) is 32.8 Å². The fourth-order valence-electron chi connectivity index (χ4n) is 5.16. The highest BCUT2D eigenvalue weighted by atomic mass is 16.5. The summed E-state index contributed by atoms with van der Waals surface area (Å²) >= 11 is 0. The van der Waals surface area contributed by atoms with Gasteiger partial charge in [-0.05, 0) is 75.1 Å². The molecule has 2 aliphatic heterocycles. The van der Waals surface area contributed by atoms with Crippen molar-refractivity contribution in [3.63, 3.8) is 0 Å². The molecule has 0 unspecified atom stereocenters. The highest BCUT2D eigenvalue weighted by Crippen LogP contribution is 2.38. The number of nitrogens with one attached hydrogen (secondary N) is 2. The topological polar surface area (TPSA) is 70.7 Å². The van der Waals surface area contributed by atoms with Gasteiger partial charge < -0.3 is 15.4 Å². The first kappa shape index (κ1) is 26.7. The summed E-state index contributed by atoms with van der Waals surface area (Å²) in [4.78, 5) is 29.0. The molecule has 2 amide bonds. The molecule has 1 spiro atoms. The van der Waals surface area contributed by atoms with Crippen LogP contribution in [-0.2, 0) is 27.3 Å². The Balaban J connectivity index is 1.68. The highest BCUT2D eigenvalue weighted by molar-refractivity contribution is 5.90. The van der Waals surface area contributed by atoms with E-state index < -0.39 is 11.5 Å². The second kappa shape index (κ2) is 13.2. The van der Waals surface area contributed by atoms with Crippen LogP contribution in [0.5, 0.6) is 0 Å². The minimum atomic E-state index is -0.469. The Hall–Kier alpha value is -1.92. The summed E-state index contributed by atoms with van der Waals surface area (Å²) in [7, 11) is 0. The first-order valence-corrected chi connectivity index (χ1v) is 13.4. The number of amides is 2. The van der Waals surface area contributed by atoms with Crippen molar-refractivity contribution < 1.29 is 14.3 Å². The van der Waals surface area contributed by atoms with E-state index in [4.69, 9.17) is 4.74 Å². The standard InChI is InChI=1S/C28H45N3O3/c1-4-23-8-10-24(11-9-23)21-31-16-13-28(14-17-31)12-5-6-18-34-19-7-15-29-26(32)25(20-22(2)3)30-27(28)33/h8-11,22,25H,4-7,12-21H2,1-3H3,(H,29,32)(H,30,33)/t25-/m0/s1. The largest absolute Gasteiger partial charge is 0.381 e. The fourth-order valence-corrected chi connectivity index (χ4v) is 5.16. The predicted molar refractivity (Wildman–Crippen MR) is 136 cm³/mol. The number of nitrogens with zero attached hydrogens (tertiary/aromatic N) is 1. The number of piperidine rings is 1. The maximum atomic E-state index is 13.7. The molecule has 2 saturated heterocycles. The molecule has 0 aliphatic carbocycles. The van der Waals surface area contributed by atoms with E-state index in [1.807, 2.05) is 0 Å². The highest BCUT2D eigenvalue weighted by Gasteiger charge is 2.42. The van der Waals surface area contributed by atoms with E-state index in [2.05, 4.69) is 60.6 Å². The smallest absolute Gasteiger partial charge is 0.242 e. The molecular formula is C28H45N3O3. The molecular weight excluding hydrogens is 426 g/mol. The van der Waals surface area contributed by atoms with Crippen LogP contribution in [0.15, 0.2) is 24.3 Å². The van der Waals surface area contributed by atoms with Gasteiger partial charge in [-0.15, -0.1) is 0 Å². The number of ether oxygens (including phenoxy) is 1. The lowest BCUT2D eigenvalue weighted by Crippen LogP contribution is -2.55. The van der Waals surface area contributed by atoms with Gasteiger partial charge >= 0.3 is 0 Å². The van der Waals surface area contributed by atoms with Crippen LogP contribution < -0.4 is 10.6 Å². The monoisotopic (exact) mass is 471 g/mol. The number of carbonyl (C=O) groups excluding carboxylic acids is 2. The number of carbonyl (C=O) groups is 2. The molecule has 0 radical (unpaired) electrons. The zero-order valence-corrected chi connectivity index (χ0v) is 21.5. The minimum absolute atomic E-state index is 0.0674. The summed E-state index contributed by atoms with van der Waals surface area (Å²) in [5.41, 5.74) is 2.29. The van der Waals surface area contributed by atoms with Crippen molar-refractivity contribution in [2.45, 2.75) is 84.7 Å². The quantitative estimate of drug-likeness (QED) is 0.679. The van der Waals surface area contributed by atoms with Gasteiger partial charge in [0.15, 0.2) is 0 Å². The van der Waals surface area contributed by atoms with E-state index in [-0.39, 0.29) is 11.8 Å². The molecule has 0 aromatic heterocycles. The Bertz CT molecular complexity index is 770. The van der Waals surface area contributed by atoms with E-state index in [1.54, 1.807) is 0 Å². The van der Waals surface area contributed by atoms with E-state index >= 15 is 0 Å². The fraction of sp³-hybridized carbons (Fsp3) is 0.714. The molecule has 6 nitrogen and oxygen atoms in total. The molecule has 1 atom stereocenters. The Morgan fingerprint density at radius 3 is 2.35 bits per heavy atom. The van der Waals surface area contributed by atoms with Crippen molar-refractivity contribution in [1.29, 1.82) is 0 Å². The van der Waals surface area contributed by atoms with Crippen LogP contribution in [0.1, 0.15) is 76.8 Å². The number of benzene rings is 1. The molecule has 0 saturated carbocycles.